The molecule has 17 heavy (non-hydrogen) atoms. The second kappa shape index (κ2) is 4.95. The minimum Gasteiger partial charge on any atom is -0.476 e. The van der Waals surface area contributed by atoms with Gasteiger partial charge in [-0.3, -0.25) is 4.57 Å². The van der Waals surface area contributed by atoms with Crippen LogP contribution < -0.4 is 10.4 Å². The number of rotatable bonds is 4. The molecule has 0 radical (unpaired) electrons. The zero-order chi connectivity index (χ0) is 12.3. The summed E-state index contributed by atoms with van der Waals surface area (Å²) in [6, 6.07) is 3.62. The minimum atomic E-state index is -0.322. The molecule has 2 aromatic heterocycles. The molecule has 0 amide bonds. The first kappa shape index (κ1) is 11.6. The molecule has 90 valence electrons. The van der Waals surface area contributed by atoms with E-state index in [0.29, 0.717) is 18.0 Å². The Morgan fingerprint density at radius 3 is 3.06 bits per heavy atom. The van der Waals surface area contributed by atoms with E-state index in [9.17, 15) is 4.79 Å². The van der Waals surface area contributed by atoms with E-state index >= 15 is 0 Å². The fourth-order valence-electron chi connectivity index (χ4n) is 1.56. The highest BCUT2D eigenvalue weighted by molar-refractivity contribution is 5.78. The lowest BCUT2D eigenvalue weighted by Crippen LogP contribution is -2.21. The number of aromatic nitrogens is 3. The summed E-state index contributed by atoms with van der Waals surface area (Å²) in [5.41, 5.74) is 1.04. The average molecular weight is 233 g/mol. The van der Waals surface area contributed by atoms with Crippen LogP contribution in [0.25, 0.3) is 11.0 Å². The molecule has 2 aromatic rings. The van der Waals surface area contributed by atoms with Crippen molar-refractivity contribution in [2.75, 3.05) is 6.61 Å². The predicted octanol–water partition coefficient (Wildman–Crippen LogP) is 1.51. The van der Waals surface area contributed by atoms with Gasteiger partial charge in [0.25, 0.3) is 0 Å². The maximum atomic E-state index is 11.6. The summed E-state index contributed by atoms with van der Waals surface area (Å²) >= 11 is 0. The maximum Gasteiger partial charge on any atom is 0.351 e. The number of nitrogens with zero attached hydrogens (tertiary/aromatic N) is 3. The van der Waals surface area contributed by atoms with Gasteiger partial charge in [0.05, 0.1) is 12.1 Å². The molecular weight excluding hydrogens is 218 g/mol. The topological polar surface area (TPSA) is 57.0 Å². The van der Waals surface area contributed by atoms with Gasteiger partial charge >= 0.3 is 5.69 Å². The standard InChI is InChI=1S/C12H15N3O2/c1-3-4-8-17-11-10-9(6-5-7-13-10)15(2)12(16)14-11/h5-7H,3-4,8H2,1-2H3. The molecule has 5 heteroatoms. The molecule has 0 aromatic carbocycles. The first-order valence-corrected chi connectivity index (χ1v) is 5.68. The van der Waals surface area contributed by atoms with Gasteiger partial charge in [-0.1, -0.05) is 13.3 Å². The molecule has 0 atom stereocenters. The lowest BCUT2D eigenvalue weighted by Gasteiger charge is -2.08. The molecule has 0 spiro atoms. The minimum absolute atomic E-state index is 0.322. The first-order chi connectivity index (χ1) is 8.24. The van der Waals surface area contributed by atoms with Gasteiger partial charge in [0.1, 0.15) is 5.52 Å². The third kappa shape index (κ3) is 2.27. The molecule has 5 nitrogen and oxygen atoms in total. The van der Waals surface area contributed by atoms with Crippen LogP contribution in [0.2, 0.25) is 0 Å². The van der Waals surface area contributed by atoms with Crippen molar-refractivity contribution in [1.29, 1.82) is 0 Å². The van der Waals surface area contributed by atoms with Gasteiger partial charge in [0.15, 0.2) is 0 Å². The van der Waals surface area contributed by atoms with Gasteiger partial charge in [-0.2, -0.15) is 4.98 Å². The van der Waals surface area contributed by atoms with Crippen molar-refractivity contribution in [3.63, 3.8) is 0 Å². The number of hydrogen-bond donors (Lipinski definition) is 0. The Morgan fingerprint density at radius 1 is 1.47 bits per heavy atom. The largest absolute Gasteiger partial charge is 0.476 e. The Kier molecular flexibility index (Phi) is 3.37. The molecule has 0 aliphatic carbocycles. The number of unbranched alkanes of at least 4 members (excludes halogenated alkanes) is 1. The van der Waals surface area contributed by atoms with Crippen LogP contribution in [0.3, 0.4) is 0 Å². The highest BCUT2D eigenvalue weighted by atomic mass is 16.5. The zero-order valence-corrected chi connectivity index (χ0v) is 10.0. The molecule has 0 aliphatic rings. The van der Waals surface area contributed by atoms with Crippen LogP contribution in [0.5, 0.6) is 5.88 Å². The highest BCUT2D eigenvalue weighted by Crippen LogP contribution is 2.17. The van der Waals surface area contributed by atoms with E-state index < -0.39 is 0 Å². The first-order valence-electron chi connectivity index (χ1n) is 5.68. The average Bonchev–Trinajstić information content (AvgIpc) is 2.36. The quantitative estimate of drug-likeness (QED) is 0.751. The fraction of sp³-hybridized carbons (Fsp3) is 0.417. The van der Waals surface area contributed by atoms with E-state index in [0.717, 1.165) is 18.4 Å². The van der Waals surface area contributed by atoms with Crippen LogP contribution in [-0.4, -0.2) is 21.1 Å². The van der Waals surface area contributed by atoms with Gasteiger partial charge in [-0.25, -0.2) is 9.78 Å². The number of aryl methyl sites for hydroxylation is 1. The number of hydrogen-bond acceptors (Lipinski definition) is 4. The molecule has 2 rings (SSSR count). The molecule has 0 bridgehead atoms. The Hall–Kier alpha value is -1.91. The lowest BCUT2D eigenvalue weighted by atomic mass is 10.3. The molecule has 0 fully saturated rings. The van der Waals surface area contributed by atoms with E-state index in [1.165, 1.54) is 4.57 Å². The zero-order valence-electron chi connectivity index (χ0n) is 10.0. The van der Waals surface area contributed by atoms with Crippen LogP contribution in [0.1, 0.15) is 19.8 Å². The Labute approximate surface area is 99.1 Å². The monoisotopic (exact) mass is 233 g/mol. The normalized spacial score (nSPS) is 10.7. The van der Waals surface area contributed by atoms with Crippen molar-refractivity contribution in [3.8, 4) is 5.88 Å². The van der Waals surface area contributed by atoms with E-state index in [4.69, 9.17) is 4.74 Å². The second-order valence-electron chi connectivity index (χ2n) is 3.83. The third-order valence-electron chi connectivity index (χ3n) is 2.57. The van der Waals surface area contributed by atoms with Crippen molar-refractivity contribution in [2.45, 2.75) is 19.8 Å². The van der Waals surface area contributed by atoms with Gasteiger partial charge < -0.3 is 4.74 Å². The molecule has 0 aliphatic heterocycles. The summed E-state index contributed by atoms with van der Waals surface area (Å²) in [6.07, 6.45) is 3.64. The fourth-order valence-corrected chi connectivity index (χ4v) is 1.56. The second-order valence-corrected chi connectivity index (χ2v) is 3.83. The van der Waals surface area contributed by atoms with Crippen LogP contribution >= 0.6 is 0 Å². The Bertz CT molecular complexity index is 577. The van der Waals surface area contributed by atoms with Crippen molar-refractivity contribution in [3.05, 3.63) is 28.8 Å². The summed E-state index contributed by atoms with van der Waals surface area (Å²) in [7, 11) is 1.68. The Balaban J connectivity index is 2.48. The van der Waals surface area contributed by atoms with Gasteiger partial charge in [0.2, 0.25) is 5.88 Å². The smallest absolute Gasteiger partial charge is 0.351 e. The van der Waals surface area contributed by atoms with Crippen molar-refractivity contribution in [2.24, 2.45) is 7.05 Å². The molecule has 2 heterocycles. The highest BCUT2D eigenvalue weighted by Gasteiger charge is 2.09. The maximum absolute atomic E-state index is 11.6. The molecule has 0 N–H and O–H groups in total. The van der Waals surface area contributed by atoms with Crippen LogP contribution in [-0.2, 0) is 7.05 Å². The van der Waals surface area contributed by atoms with Crippen LogP contribution in [0.15, 0.2) is 23.1 Å². The van der Waals surface area contributed by atoms with E-state index in [2.05, 4.69) is 16.9 Å². The number of fused-ring (bicyclic) bond motifs is 1. The number of ether oxygens (including phenoxy) is 1. The lowest BCUT2D eigenvalue weighted by molar-refractivity contribution is 0.299. The van der Waals surface area contributed by atoms with Gasteiger partial charge in [-0.05, 0) is 18.6 Å². The summed E-state index contributed by atoms with van der Waals surface area (Å²) in [5.74, 6) is 0.331. The predicted molar refractivity (Wildman–Crippen MR) is 65.2 cm³/mol. The third-order valence-corrected chi connectivity index (χ3v) is 2.57. The number of pyridine rings is 1. The van der Waals surface area contributed by atoms with Crippen molar-refractivity contribution in [1.82, 2.24) is 14.5 Å². The van der Waals surface area contributed by atoms with E-state index in [1.807, 2.05) is 6.07 Å². The molecular formula is C12H15N3O2. The van der Waals surface area contributed by atoms with Gasteiger partial charge in [0, 0.05) is 13.2 Å². The molecule has 0 saturated heterocycles. The van der Waals surface area contributed by atoms with E-state index in [1.54, 1.807) is 19.3 Å². The van der Waals surface area contributed by atoms with E-state index in [-0.39, 0.29) is 5.69 Å². The SMILES string of the molecule is CCCCOc1nc(=O)n(C)c2cccnc12. The van der Waals surface area contributed by atoms with Gasteiger partial charge in [-0.15, -0.1) is 0 Å². The summed E-state index contributed by atoms with van der Waals surface area (Å²) in [6.45, 7) is 2.64. The van der Waals surface area contributed by atoms with Crippen molar-refractivity contribution < 1.29 is 4.74 Å². The van der Waals surface area contributed by atoms with Crippen LogP contribution in [0, 0.1) is 0 Å². The molecule has 0 unspecified atom stereocenters. The summed E-state index contributed by atoms with van der Waals surface area (Å²) < 4.78 is 6.98. The van der Waals surface area contributed by atoms with Crippen molar-refractivity contribution >= 4 is 11.0 Å². The summed E-state index contributed by atoms with van der Waals surface area (Å²) in [4.78, 5) is 19.7. The van der Waals surface area contributed by atoms with Crippen LogP contribution in [0.4, 0.5) is 0 Å². The molecule has 0 saturated carbocycles. The Morgan fingerprint density at radius 2 is 2.29 bits per heavy atom. The summed E-state index contributed by atoms with van der Waals surface area (Å²) in [5, 5.41) is 0.